The maximum absolute atomic E-state index is 13.7. The second kappa shape index (κ2) is 12.4. The third-order valence-electron chi connectivity index (χ3n) is 5.03. The SMILES string of the molecule is CCCCCCCCOc1ccc(-c2cnc(C(N)(CO)COP(=O)(O)O)s2)cc1C(F)(F)F. The van der Waals surface area contributed by atoms with E-state index in [1.807, 2.05) is 0 Å². The molecule has 0 radical (unpaired) electrons. The van der Waals surface area contributed by atoms with Crippen LogP contribution in [0.3, 0.4) is 0 Å². The van der Waals surface area contributed by atoms with E-state index in [2.05, 4.69) is 16.4 Å². The highest BCUT2D eigenvalue weighted by Gasteiger charge is 2.36. The highest BCUT2D eigenvalue weighted by atomic mass is 32.1. The predicted molar refractivity (Wildman–Crippen MR) is 122 cm³/mol. The molecule has 0 spiro atoms. The van der Waals surface area contributed by atoms with Crippen molar-refractivity contribution in [3.8, 4) is 16.2 Å². The van der Waals surface area contributed by atoms with Gasteiger partial charge in [-0.1, -0.05) is 39.0 Å². The van der Waals surface area contributed by atoms with Crippen LogP contribution in [0.5, 0.6) is 5.75 Å². The molecule has 0 bridgehead atoms. The number of nitrogens with zero attached hydrogens (tertiary/aromatic N) is 1. The maximum Gasteiger partial charge on any atom is 0.469 e. The fourth-order valence-corrected chi connectivity index (χ4v) is 4.50. The molecule has 0 aliphatic heterocycles. The molecule has 1 heterocycles. The number of alkyl halides is 3. The zero-order valence-electron chi connectivity index (χ0n) is 18.8. The number of aromatic nitrogens is 1. The van der Waals surface area contributed by atoms with Crippen molar-refractivity contribution < 1.29 is 41.9 Å². The Kier molecular flexibility index (Phi) is 10.5. The molecule has 1 atom stereocenters. The van der Waals surface area contributed by atoms with Crippen molar-refractivity contribution in [3.63, 3.8) is 0 Å². The number of rotatable bonds is 14. The van der Waals surface area contributed by atoms with E-state index in [0.29, 0.717) is 11.3 Å². The Morgan fingerprint density at radius 2 is 1.82 bits per heavy atom. The molecule has 1 aromatic heterocycles. The average Bonchev–Trinajstić information content (AvgIpc) is 3.27. The molecule has 2 aromatic rings. The lowest BCUT2D eigenvalue weighted by Gasteiger charge is -2.24. The highest BCUT2D eigenvalue weighted by Crippen LogP contribution is 2.42. The molecule has 13 heteroatoms. The lowest BCUT2D eigenvalue weighted by atomic mass is 10.1. The number of hydrogen-bond acceptors (Lipinski definition) is 7. The zero-order valence-corrected chi connectivity index (χ0v) is 20.5. The molecule has 1 unspecified atom stereocenters. The van der Waals surface area contributed by atoms with Gasteiger partial charge in [0.1, 0.15) is 16.3 Å². The van der Waals surface area contributed by atoms with Crippen LogP contribution in [0.2, 0.25) is 0 Å². The minimum atomic E-state index is -4.85. The van der Waals surface area contributed by atoms with Crippen molar-refractivity contribution >= 4 is 19.2 Å². The van der Waals surface area contributed by atoms with Crippen molar-refractivity contribution in [2.45, 2.75) is 57.2 Å². The summed E-state index contributed by atoms with van der Waals surface area (Å²) in [6.45, 7) is 0.808. The van der Waals surface area contributed by atoms with Crippen molar-refractivity contribution in [2.75, 3.05) is 19.8 Å². The first-order valence-corrected chi connectivity index (χ1v) is 13.1. The van der Waals surface area contributed by atoms with Gasteiger partial charge >= 0.3 is 14.0 Å². The van der Waals surface area contributed by atoms with Gasteiger partial charge in [-0.05, 0) is 30.2 Å². The number of ether oxygens (including phenoxy) is 1. The van der Waals surface area contributed by atoms with Gasteiger partial charge in [-0.3, -0.25) is 4.52 Å². The first kappa shape index (κ1) is 28.7. The maximum atomic E-state index is 13.7. The summed E-state index contributed by atoms with van der Waals surface area (Å²) in [5, 5.41) is 9.66. The number of aliphatic hydroxyl groups is 1. The Bertz CT molecular complexity index is 968. The third kappa shape index (κ3) is 8.60. The fraction of sp³-hybridized carbons (Fsp3) is 0.571. The van der Waals surface area contributed by atoms with Crippen LogP contribution in [0, 0.1) is 0 Å². The topological polar surface area (TPSA) is 135 Å². The molecule has 0 fully saturated rings. The lowest BCUT2D eigenvalue weighted by Crippen LogP contribution is -2.44. The van der Waals surface area contributed by atoms with Crippen molar-refractivity contribution in [1.82, 2.24) is 4.98 Å². The summed E-state index contributed by atoms with van der Waals surface area (Å²) in [4.78, 5) is 22.1. The number of hydrogen-bond donors (Lipinski definition) is 4. The number of phosphoric acid groups is 1. The van der Waals surface area contributed by atoms with Crippen LogP contribution in [0.1, 0.15) is 56.0 Å². The van der Waals surface area contributed by atoms with E-state index in [-0.39, 0.29) is 22.9 Å². The summed E-state index contributed by atoms with van der Waals surface area (Å²) in [5.74, 6) is -0.256. The van der Waals surface area contributed by atoms with Crippen LogP contribution in [0.4, 0.5) is 13.2 Å². The Morgan fingerprint density at radius 3 is 2.44 bits per heavy atom. The summed E-state index contributed by atoms with van der Waals surface area (Å²) < 4.78 is 61.8. The summed E-state index contributed by atoms with van der Waals surface area (Å²) in [7, 11) is -4.85. The number of unbranched alkanes of at least 4 members (excludes halogenated alkanes) is 5. The molecule has 0 aliphatic carbocycles. The molecule has 1 aromatic carbocycles. The molecule has 192 valence electrons. The first-order chi connectivity index (χ1) is 15.9. The summed E-state index contributed by atoms with van der Waals surface area (Å²) in [6, 6.07) is 3.68. The van der Waals surface area contributed by atoms with Crippen molar-refractivity contribution in [1.29, 1.82) is 0 Å². The van der Waals surface area contributed by atoms with Crippen molar-refractivity contribution in [3.05, 3.63) is 35.0 Å². The van der Waals surface area contributed by atoms with E-state index in [1.165, 1.54) is 18.3 Å². The Morgan fingerprint density at radius 1 is 1.15 bits per heavy atom. The zero-order chi connectivity index (χ0) is 25.4. The highest BCUT2D eigenvalue weighted by molar-refractivity contribution is 7.46. The van der Waals surface area contributed by atoms with E-state index in [4.69, 9.17) is 20.3 Å². The van der Waals surface area contributed by atoms with Gasteiger partial charge in [-0.2, -0.15) is 13.2 Å². The lowest BCUT2D eigenvalue weighted by molar-refractivity contribution is -0.138. The van der Waals surface area contributed by atoms with Gasteiger partial charge in [0.2, 0.25) is 0 Å². The summed E-state index contributed by atoms with van der Waals surface area (Å²) >= 11 is 0.887. The normalized spacial score (nSPS) is 14.2. The third-order valence-corrected chi connectivity index (χ3v) is 6.76. The Labute approximate surface area is 200 Å². The molecule has 34 heavy (non-hydrogen) atoms. The largest absolute Gasteiger partial charge is 0.493 e. The van der Waals surface area contributed by atoms with Crippen LogP contribution in [0.15, 0.2) is 24.4 Å². The Hall–Kier alpha value is -1.53. The van der Waals surface area contributed by atoms with Gasteiger partial charge in [-0.15, -0.1) is 11.3 Å². The van der Waals surface area contributed by atoms with Gasteiger partial charge in [0.25, 0.3) is 0 Å². The van der Waals surface area contributed by atoms with Crippen LogP contribution < -0.4 is 10.5 Å². The first-order valence-electron chi connectivity index (χ1n) is 10.8. The number of aliphatic hydroxyl groups excluding tert-OH is 1. The van der Waals surface area contributed by atoms with E-state index in [0.717, 1.165) is 49.5 Å². The molecule has 2 rings (SSSR count). The van der Waals surface area contributed by atoms with E-state index in [9.17, 15) is 22.8 Å². The van der Waals surface area contributed by atoms with Crippen LogP contribution in [-0.2, 0) is 20.8 Å². The quantitative estimate of drug-likeness (QED) is 0.203. The molecular formula is C21H30F3N2O6PS. The number of phosphoric ester groups is 1. The summed E-state index contributed by atoms with van der Waals surface area (Å²) in [5.41, 5.74) is 3.53. The number of benzene rings is 1. The van der Waals surface area contributed by atoms with Crippen LogP contribution in [0.25, 0.3) is 10.4 Å². The van der Waals surface area contributed by atoms with E-state index < -0.39 is 38.3 Å². The van der Waals surface area contributed by atoms with Gasteiger partial charge in [0, 0.05) is 6.20 Å². The van der Waals surface area contributed by atoms with Crippen LogP contribution >= 0.6 is 19.2 Å². The predicted octanol–water partition coefficient (Wildman–Crippen LogP) is 4.82. The fourth-order valence-electron chi connectivity index (χ4n) is 3.11. The number of halogens is 3. The van der Waals surface area contributed by atoms with Crippen molar-refractivity contribution in [2.24, 2.45) is 5.73 Å². The smallest absolute Gasteiger partial charge is 0.469 e. The molecule has 0 saturated heterocycles. The number of thiazole rings is 1. The second-order valence-corrected chi connectivity index (χ2v) is 10.2. The van der Waals surface area contributed by atoms with Gasteiger partial charge in [0.15, 0.2) is 0 Å². The molecular weight excluding hydrogens is 496 g/mol. The van der Waals surface area contributed by atoms with E-state index >= 15 is 0 Å². The molecule has 0 amide bonds. The molecule has 8 nitrogen and oxygen atoms in total. The standard InChI is InChI=1S/C21H30F3N2O6PS/c1-2-3-4-5-6-7-10-31-17-9-8-15(11-16(17)21(22,23)24)18-12-26-19(34-18)20(25,13-27)14-32-33(28,29)30/h8-9,11-12,27H,2-7,10,13-14,25H2,1H3,(H2,28,29,30). The Balaban J connectivity index is 2.17. The van der Waals surface area contributed by atoms with Gasteiger partial charge in [0.05, 0.1) is 30.3 Å². The monoisotopic (exact) mass is 526 g/mol. The molecule has 0 aliphatic rings. The summed E-state index contributed by atoms with van der Waals surface area (Å²) in [6.07, 6.45) is 2.57. The minimum Gasteiger partial charge on any atom is -0.493 e. The molecule has 0 saturated carbocycles. The van der Waals surface area contributed by atoms with Crippen LogP contribution in [-0.4, -0.2) is 39.7 Å². The second-order valence-electron chi connectivity index (χ2n) is 7.93. The van der Waals surface area contributed by atoms with Gasteiger partial charge in [-0.25, -0.2) is 9.55 Å². The minimum absolute atomic E-state index is 0.0513. The average molecular weight is 527 g/mol. The van der Waals surface area contributed by atoms with E-state index in [1.54, 1.807) is 0 Å². The molecule has 5 N–H and O–H groups in total. The van der Waals surface area contributed by atoms with Gasteiger partial charge < -0.3 is 25.4 Å². The number of nitrogens with two attached hydrogens (primary N) is 1.